The van der Waals surface area contributed by atoms with E-state index in [0.717, 1.165) is 0 Å². The van der Waals surface area contributed by atoms with E-state index in [0.29, 0.717) is 32.1 Å². The molecule has 172 valence electrons. The number of aromatic nitrogens is 1. The number of nitrogens with two attached hydrogens (primary N) is 1. The topological polar surface area (TPSA) is 133 Å². The Hall–Kier alpha value is -2.80. The van der Waals surface area contributed by atoms with Gasteiger partial charge in [0.15, 0.2) is 5.11 Å². The first-order chi connectivity index (χ1) is 15.1. The van der Waals surface area contributed by atoms with Crippen molar-refractivity contribution in [1.29, 1.82) is 0 Å². The Morgan fingerprint density at radius 2 is 1.81 bits per heavy atom. The third-order valence-corrected chi connectivity index (χ3v) is 6.30. The molecule has 1 aliphatic heterocycles. The number of ether oxygens (including phenoxy) is 3. The molecule has 1 saturated heterocycles. The SMILES string of the molecule is CC(C)Oc1cc(C(=O)NC(N)=S)cc(Oc2ccc(S(=O)(=O)N3CCOCC3)cc2)n1. The summed E-state index contributed by atoms with van der Waals surface area (Å²) in [5.74, 6) is 0.0586. The van der Waals surface area contributed by atoms with Gasteiger partial charge in [-0.15, -0.1) is 0 Å². The largest absolute Gasteiger partial charge is 0.475 e. The van der Waals surface area contributed by atoms with Gasteiger partial charge < -0.3 is 19.9 Å². The Bertz CT molecular complexity index is 1080. The van der Waals surface area contributed by atoms with Crippen LogP contribution in [-0.4, -0.2) is 61.1 Å². The summed E-state index contributed by atoms with van der Waals surface area (Å²) >= 11 is 4.71. The van der Waals surface area contributed by atoms with Crippen molar-refractivity contribution in [3.05, 3.63) is 42.0 Å². The Balaban J connectivity index is 1.82. The second kappa shape index (κ2) is 10.2. The summed E-state index contributed by atoms with van der Waals surface area (Å²) < 4.78 is 43.4. The van der Waals surface area contributed by atoms with Gasteiger partial charge in [-0.05, 0) is 50.3 Å². The first kappa shape index (κ1) is 23.9. The van der Waals surface area contributed by atoms with E-state index < -0.39 is 15.9 Å². The number of pyridine rings is 1. The Labute approximate surface area is 191 Å². The highest BCUT2D eigenvalue weighted by Crippen LogP contribution is 2.26. The Morgan fingerprint density at radius 1 is 1.19 bits per heavy atom. The minimum absolute atomic E-state index is 0.0834. The number of rotatable bonds is 7. The van der Waals surface area contributed by atoms with Crippen LogP contribution >= 0.6 is 12.2 Å². The van der Waals surface area contributed by atoms with Crippen molar-refractivity contribution < 1.29 is 27.4 Å². The summed E-state index contributed by atoms with van der Waals surface area (Å²) in [6.45, 7) is 4.99. The van der Waals surface area contributed by atoms with Gasteiger partial charge in [0.25, 0.3) is 5.91 Å². The van der Waals surface area contributed by atoms with Crippen molar-refractivity contribution in [2.24, 2.45) is 5.73 Å². The predicted molar refractivity (Wildman–Crippen MR) is 120 cm³/mol. The molecule has 0 aliphatic carbocycles. The number of amides is 1. The van der Waals surface area contributed by atoms with Crippen LogP contribution in [0.2, 0.25) is 0 Å². The first-order valence-electron chi connectivity index (χ1n) is 9.80. The molecule has 3 rings (SSSR count). The van der Waals surface area contributed by atoms with Crippen LogP contribution in [0.15, 0.2) is 41.3 Å². The van der Waals surface area contributed by atoms with E-state index in [9.17, 15) is 13.2 Å². The van der Waals surface area contributed by atoms with Gasteiger partial charge in [-0.2, -0.15) is 9.29 Å². The second-order valence-electron chi connectivity index (χ2n) is 7.11. The molecule has 3 N–H and O–H groups in total. The molecule has 2 heterocycles. The number of benzene rings is 1. The summed E-state index contributed by atoms with van der Waals surface area (Å²) in [5, 5.41) is 2.17. The molecule has 0 radical (unpaired) electrons. The number of nitrogens with zero attached hydrogens (tertiary/aromatic N) is 2. The molecular weight excluding hydrogens is 456 g/mol. The van der Waals surface area contributed by atoms with Crippen molar-refractivity contribution in [1.82, 2.24) is 14.6 Å². The second-order valence-corrected chi connectivity index (χ2v) is 9.48. The van der Waals surface area contributed by atoms with Crippen LogP contribution in [0.1, 0.15) is 24.2 Å². The summed E-state index contributed by atoms with van der Waals surface area (Å²) in [7, 11) is -3.62. The number of morpholine rings is 1. The fraction of sp³-hybridized carbons (Fsp3) is 0.350. The van der Waals surface area contributed by atoms with Crippen molar-refractivity contribution >= 4 is 33.3 Å². The van der Waals surface area contributed by atoms with Crippen LogP contribution in [0.3, 0.4) is 0 Å². The molecule has 12 heteroatoms. The van der Waals surface area contributed by atoms with Crippen LogP contribution in [-0.2, 0) is 14.8 Å². The molecule has 0 unspecified atom stereocenters. The third-order valence-electron chi connectivity index (χ3n) is 4.29. The molecule has 1 aliphatic rings. The lowest BCUT2D eigenvalue weighted by Gasteiger charge is -2.26. The fourth-order valence-electron chi connectivity index (χ4n) is 2.89. The average molecular weight is 481 g/mol. The van der Waals surface area contributed by atoms with E-state index in [1.54, 1.807) is 0 Å². The number of carbonyl (C=O) groups is 1. The van der Waals surface area contributed by atoms with Crippen LogP contribution in [0.4, 0.5) is 0 Å². The number of hydrogen-bond acceptors (Lipinski definition) is 8. The average Bonchev–Trinajstić information content (AvgIpc) is 2.73. The highest BCUT2D eigenvalue weighted by molar-refractivity contribution is 7.89. The van der Waals surface area contributed by atoms with E-state index in [1.807, 2.05) is 13.8 Å². The van der Waals surface area contributed by atoms with E-state index in [1.165, 1.54) is 40.7 Å². The van der Waals surface area contributed by atoms with Crippen LogP contribution < -0.4 is 20.5 Å². The van der Waals surface area contributed by atoms with Crippen molar-refractivity contribution in [2.75, 3.05) is 26.3 Å². The van der Waals surface area contributed by atoms with E-state index in [4.69, 9.17) is 32.2 Å². The van der Waals surface area contributed by atoms with Gasteiger partial charge in [0.05, 0.1) is 29.8 Å². The van der Waals surface area contributed by atoms with E-state index in [2.05, 4.69) is 10.3 Å². The molecule has 10 nitrogen and oxygen atoms in total. The van der Waals surface area contributed by atoms with Gasteiger partial charge in [0.2, 0.25) is 21.8 Å². The quantitative estimate of drug-likeness (QED) is 0.568. The fourth-order valence-corrected chi connectivity index (χ4v) is 4.39. The lowest BCUT2D eigenvalue weighted by molar-refractivity contribution is 0.0730. The minimum atomic E-state index is -3.62. The molecule has 1 aromatic heterocycles. The van der Waals surface area contributed by atoms with Gasteiger partial charge in [-0.3, -0.25) is 10.1 Å². The lowest BCUT2D eigenvalue weighted by atomic mass is 10.2. The molecular formula is C20H24N4O6S2. The molecule has 1 fully saturated rings. The van der Waals surface area contributed by atoms with Gasteiger partial charge in [-0.1, -0.05) is 0 Å². The highest BCUT2D eigenvalue weighted by Gasteiger charge is 2.26. The Morgan fingerprint density at radius 3 is 2.41 bits per heavy atom. The number of hydrogen-bond donors (Lipinski definition) is 2. The van der Waals surface area contributed by atoms with Crippen molar-refractivity contribution in [3.8, 4) is 17.5 Å². The minimum Gasteiger partial charge on any atom is -0.475 e. The van der Waals surface area contributed by atoms with Gasteiger partial charge in [0.1, 0.15) is 5.75 Å². The smallest absolute Gasteiger partial charge is 0.257 e. The molecule has 1 aromatic carbocycles. The monoisotopic (exact) mass is 480 g/mol. The van der Waals surface area contributed by atoms with Gasteiger partial charge in [0, 0.05) is 25.2 Å². The van der Waals surface area contributed by atoms with Gasteiger partial charge >= 0.3 is 0 Å². The normalized spacial score (nSPS) is 14.7. The zero-order valence-corrected chi connectivity index (χ0v) is 19.2. The Kier molecular flexibility index (Phi) is 7.61. The third kappa shape index (κ3) is 6.13. The van der Waals surface area contributed by atoms with Crippen LogP contribution in [0.5, 0.6) is 17.5 Å². The number of carbonyl (C=O) groups excluding carboxylic acids is 1. The molecule has 0 spiro atoms. The zero-order chi connectivity index (χ0) is 23.3. The van der Waals surface area contributed by atoms with E-state index in [-0.39, 0.29) is 33.4 Å². The summed E-state index contributed by atoms with van der Waals surface area (Å²) in [4.78, 5) is 16.7. The summed E-state index contributed by atoms with van der Waals surface area (Å²) in [6.07, 6.45) is -0.186. The number of nitrogens with one attached hydrogen (secondary N) is 1. The predicted octanol–water partition coefficient (Wildman–Crippen LogP) is 1.66. The van der Waals surface area contributed by atoms with Crippen LogP contribution in [0, 0.1) is 0 Å². The molecule has 0 saturated carbocycles. The maximum absolute atomic E-state index is 12.7. The standard InChI is InChI=1S/C20H24N4O6S2/c1-13(2)29-17-11-14(19(25)23-20(21)31)12-18(22-17)30-15-3-5-16(6-4-15)32(26,27)24-7-9-28-10-8-24/h3-6,11-13H,7-10H2,1-2H3,(H3,21,23,25,31). The molecule has 0 atom stereocenters. The lowest BCUT2D eigenvalue weighted by Crippen LogP contribution is -2.40. The van der Waals surface area contributed by atoms with Crippen molar-refractivity contribution in [3.63, 3.8) is 0 Å². The van der Waals surface area contributed by atoms with E-state index >= 15 is 0 Å². The number of sulfonamides is 1. The summed E-state index contributed by atoms with van der Waals surface area (Å²) in [6, 6.07) is 8.78. The summed E-state index contributed by atoms with van der Waals surface area (Å²) in [5.41, 5.74) is 5.56. The molecule has 1 amide bonds. The molecule has 0 bridgehead atoms. The molecule has 32 heavy (non-hydrogen) atoms. The van der Waals surface area contributed by atoms with Crippen molar-refractivity contribution in [2.45, 2.75) is 24.8 Å². The van der Waals surface area contributed by atoms with Gasteiger partial charge in [-0.25, -0.2) is 8.42 Å². The maximum atomic E-state index is 12.7. The maximum Gasteiger partial charge on any atom is 0.257 e. The first-order valence-corrected chi connectivity index (χ1v) is 11.7. The van der Waals surface area contributed by atoms with Crippen LogP contribution in [0.25, 0.3) is 0 Å². The zero-order valence-electron chi connectivity index (χ0n) is 17.6. The number of thiocarbonyl (C=S) groups is 1. The highest BCUT2D eigenvalue weighted by atomic mass is 32.2. The molecule has 2 aromatic rings.